The standard InChI is InChI=1S/C31H49N3O7/c1-21(2)34(29(36)23-11-12-27(39-7)28(15-23)40-14-8-13-38-6)20-25-19-33(30(37)41-31(3,4)5)18-24(25)16-32-17-26(35)22-9-10-22/h11-12,15,21-22,24-25,32H,8-10,13-14,16-20H2,1-7H3. The number of hydrogen-bond donors (Lipinski definition) is 1. The van der Waals surface area contributed by atoms with Crippen LogP contribution < -0.4 is 14.8 Å². The minimum Gasteiger partial charge on any atom is -0.493 e. The number of ketones is 1. The van der Waals surface area contributed by atoms with Crippen molar-refractivity contribution in [3.63, 3.8) is 0 Å². The SMILES string of the molecule is COCCCOc1cc(C(=O)N(CC2CN(C(=O)OC(C)(C)C)CC2CNCC(=O)C2CC2)C(C)C)ccc1OC. The molecule has 1 N–H and O–H groups in total. The number of amides is 2. The fourth-order valence-electron chi connectivity index (χ4n) is 5.04. The summed E-state index contributed by atoms with van der Waals surface area (Å²) >= 11 is 0. The lowest BCUT2D eigenvalue weighted by Crippen LogP contribution is -2.43. The molecule has 2 atom stereocenters. The number of methoxy groups -OCH3 is 2. The Morgan fingerprint density at radius 3 is 2.37 bits per heavy atom. The molecule has 230 valence electrons. The minimum absolute atomic E-state index is 0.0143. The lowest BCUT2D eigenvalue weighted by molar-refractivity contribution is -0.119. The zero-order valence-electron chi connectivity index (χ0n) is 25.9. The van der Waals surface area contributed by atoms with E-state index in [1.165, 1.54) is 0 Å². The molecule has 0 aromatic heterocycles. The van der Waals surface area contributed by atoms with Gasteiger partial charge in [0.1, 0.15) is 11.4 Å². The monoisotopic (exact) mass is 575 g/mol. The number of hydrogen-bond acceptors (Lipinski definition) is 8. The predicted molar refractivity (Wildman–Crippen MR) is 157 cm³/mol. The number of Topliss-reactive ketones (excluding diaryl/α,β-unsaturated/α-hetero) is 1. The van der Waals surface area contributed by atoms with Crippen LogP contribution in [0.25, 0.3) is 0 Å². The molecule has 1 aromatic rings. The first-order valence-corrected chi connectivity index (χ1v) is 14.8. The number of nitrogens with zero attached hydrogens (tertiary/aromatic N) is 2. The molecule has 10 heteroatoms. The number of ether oxygens (including phenoxy) is 4. The van der Waals surface area contributed by atoms with Crippen LogP contribution in [0.5, 0.6) is 11.5 Å². The van der Waals surface area contributed by atoms with Crippen LogP contribution in [0.2, 0.25) is 0 Å². The molecule has 2 fully saturated rings. The first-order chi connectivity index (χ1) is 19.4. The Labute approximate surface area is 245 Å². The highest BCUT2D eigenvalue weighted by molar-refractivity contribution is 5.95. The third kappa shape index (κ3) is 9.88. The lowest BCUT2D eigenvalue weighted by atomic mass is 9.94. The van der Waals surface area contributed by atoms with Crippen LogP contribution in [-0.4, -0.2) is 99.4 Å². The fourth-order valence-corrected chi connectivity index (χ4v) is 5.04. The van der Waals surface area contributed by atoms with Gasteiger partial charge < -0.3 is 34.1 Å². The Morgan fingerprint density at radius 2 is 1.76 bits per heavy atom. The number of carbonyl (C=O) groups excluding carboxylic acids is 3. The molecular formula is C31H49N3O7. The highest BCUT2D eigenvalue weighted by Crippen LogP contribution is 2.32. The van der Waals surface area contributed by atoms with Crippen molar-refractivity contribution < 1.29 is 33.3 Å². The van der Waals surface area contributed by atoms with Crippen molar-refractivity contribution in [2.75, 3.05) is 60.2 Å². The molecule has 1 aliphatic carbocycles. The molecule has 1 saturated heterocycles. The summed E-state index contributed by atoms with van der Waals surface area (Å²) in [5.41, 5.74) is -0.0926. The number of likely N-dealkylation sites (tertiary alicyclic amines) is 1. The predicted octanol–water partition coefficient (Wildman–Crippen LogP) is 4.01. The number of rotatable bonds is 15. The topological polar surface area (TPSA) is 107 Å². The highest BCUT2D eigenvalue weighted by Gasteiger charge is 2.39. The highest BCUT2D eigenvalue weighted by atomic mass is 16.6. The average Bonchev–Trinajstić information content (AvgIpc) is 3.69. The van der Waals surface area contributed by atoms with Gasteiger partial charge in [-0.2, -0.15) is 0 Å². The van der Waals surface area contributed by atoms with Crippen molar-refractivity contribution in [2.45, 2.75) is 65.5 Å². The van der Waals surface area contributed by atoms with Crippen LogP contribution in [0.4, 0.5) is 4.79 Å². The van der Waals surface area contributed by atoms with Crippen molar-refractivity contribution >= 4 is 17.8 Å². The zero-order chi connectivity index (χ0) is 30.2. The van der Waals surface area contributed by atoms with Gasteiger partial charge in [0.2, 0.25) is 0 Å². The van der Waals surface area contributed by atoms with E-state index in [0.717, 1.165) is 12.8 Å². The van der Waals surface area contributed by atoms with Gasteiger partial charge in [-0.25, -0.2) is 4.79 Å². The van der Waals surface area contributed by atoms with Gasteiger partial charge >= 0.3 is 6.09 Å². The smallest absolute Gasteiger partial charge is 0.410 e. The first kappa shape index (κ1) is 32.7. The largest absolute Gasteiger partial charge is 0.493 e. The summed E-state index contributed by atoms with van der Waals surface area (Å²) in [5, 5.41) is 3.33. The van der Waals surface area contributed by atoms with Crippen molar-refractivity contribution in [3.8, 4) is 11.5 Å². The quantitative estimate of drug-likeness (QED) is 0.313. The Kier molecular flexibility index (Phi) is 11.8. The first-order valence-electron chi connectivity index (χ1n) is 14.8. The molecule has 2 amide bonds. The number of nitrogens with one attached hydrogen (secondary N) is 1. The van der Waals surface area contributed by atoms with E-state index in [9.17, 15) is 14.4 Å². The van der Waals surface area contributed by atoms with Gasteiger partial charge in [-0.1, -0.05) is 0 Å². The van der Waals surface area contributed by atoms with Crippen LogP contribution in [0.3, 0.4) is 0 Å². The van der Waals surface area contributed by atoms with Gasteiger partial charge in [0.15, 0.2) is 11.5 Å². The molecule has 0 spiro atoms. The lowest BCUT2D eigenvalue weighted by Gasteiger charge is -2.32. The number of benzene rings is 1. The maximum Gasteiger partial charge on any atom is 0.410 e. The van der Waals surface area contributed by atoms with Gasteiger partial charge in [0, 0.05) is 63.8 Å². The van der Waals surface area contributed by atoms with Gasteiger partial charge in [-0.15, -0.1) is 0 Å². The average molecular weight is 576 g/mol. The van der Waals surface area contributed by atoms with E-state index in [2.05, 4.69) is 5.32 Å². The van der Waals surface area contributed by atoms with Crippen LogP contribution in [0.1, 0.15) is 64.2 Å². The Hall–Kier alpha value is -2.85. The van der Waals surface area contributed by atoms with E-state index in [4.69, 9.17) is 18.9 Å². The van der Waals surface area contributed by atoms with E-state index >= 15 is 0 Å². The molecule has 1 saturated carbocycles. The van der Waals surface area contributed by atoms with E-state index in [0.29, 0.717) is 69.4 Å². The van der Waals surface area contributed by atoms with Gasteiger partial charge in [0.05, 0.1) is 20.3 Å². The summed E-state index contributed by atoms with van der Waals surface area (Å²) < 4.78 is 22.1. The molecule has 1 aromatic carbocycles. The molecular weight excluding hydrogens is 526 g/mol. The Balaban J connectivity index is 1.74. The Bertz CT molecular complexity index is 1040. The summed E-state index contributed by atoms with van der Waals surface area (Å²) in [7, 11) is 3.22. The van der Waals surface area contributed by atoms with Crippen molar-refractivity contribution in [1.82, 2.24) is 15.1 Å². The molecule has 41 heavy (non-hydrogen) atoms. The molecule has 2 aliphatic rings. The maximum atomic E-state index is 13.8. The van der Waals surface area contributed by atoms with Crippen molar-refractivity contribution in [2.24, 2.45) is 17.8 Å². The van der Waals surface area contributed by atoms with Crippen molar-refractivity contribution in [1.29, 1.82) is 0 Å². The third-order valence-electron chi connectivity index (χ3n) is 7.44. The van der Waals surface area contributed by atoms with Gasteiger partial charge in [-0.3, -0.25) is 9.59 Å². The second kappa shape index (κ2) is 14.9. The van der Waals surface area contributed by atoms with Gasteiger partial charge in [-0.05, 0) is 77.5 Å². The summed E-state index contributed by atoms with van der Waals surface area (Å²) in [6.45, 7) is 12.9. The third-order valence-corrected chi connectivity index (χ3v) is 7.44. The van der Waals surface area contributed by atoms with E-state index in [1.54, 1.807) is 37.3 Å². The summed E-state index contributed by atoms with van der Waals surface area (Å²) in [4.78, 5) is 42.6. The van der Waals surface area contributed by atoms with Crippen LogP contribution >= 0.6 is 0 Å². The second-order valence-corrected chi connectivity index (χ2v) is 12.4. The van der Waals surface area contributed by atoms with Crippen LogP contribution in [-0.2, 0) is 14.3 Å². The summed E-state index contributed by atoms with van der Waals surface area (Å²) in [6, 6.07) is 5.16. The molecule has 1 heterocycles. The second-order valence-electron chi connectivity index (χ2n) is 12.4. The zero-order valence-corrected chi connectivity index (χ0v) is 25.9. The molecule has 3 rings (SSSR count). The number of carbonyl (C=O) groups is 3. The summed E-state index contributed by atoms with van der Waals surface area (Å²) in [5.74, 6) is 1.49. The van der Waals surface area contributed by atoms with Crippen molar-refractivity contribution in [3.05, 3.63) is 23.8 Å². The normalized spacial score (nSPS) is 18.9. The molecule has 0 bridgehead atoms. The molecule has 10 nitrogen and oxygen atoms in total. The van der Waals surface area contributed by atoms with Crippen LogP contribution in [0, 0.1) is 17.8 Å². The fraction of sp³-hybridized carbons (Fsp3) is 0.710. The van der Waals surface area contributed by atoms with E-state index < -0.39 is 5.60 Å². The Morgan fingerprint density at radius 1 is 1.05 bits per heavy atom. The van der Waals surface area contributed by atoms with Gasteiger partial charge in [0.25, 0.3) is 5.91 Å². The van der Waals surface area contributed by atoms with Crippen LogP contribution in [0.15, 0.2) is 18.2 Å². The van der Waals surface area contributed by atoms with E-state index in [1.807, 2.05) is 39.5 Å². The maximum absolute atomic E-state index is 13.8. The molecule has 2 unspecified atom stereocenters. The molecule has 1 aliphatic heterocycles. The minimum atomic E-state index is -0.600. The molecule has 0 radical (unpaired) electrons. The van der Waals surface area contributed by atoms with E-state index in [-0.39, 0.29) is 41.6 Å². The summed E-state index contributed by atoms with van der Waals surface area (Å²) in [6.07, 6.45) is 2.32.